The number of anilines is 1. The van der Waals surface area contributed by atoms with Gasteiger partial charge in [-0.3, -0.25) is 9.52 Å². The van der Waals surface area contributed by atoms with Gasteiger partial charge in [-0.1, -0.05) is 41.1 Å². The Morgan fingerprint density at radius 1 is 1.18 bits per heavy atom. The first kappa shape index (κ1) is 19.8. The predicted octanol–water partition coefficient (Wildman–Crippen LogP) is 2.53. The fourth-order valence-electron chi connectivity index (χ4n) is 2.63. The second-order valence-electron chi connectivity index (χ2n) is 6.13. The molecule has 2 aromatic carbocycles. The van der Waals surface area contributed by atoms with Gasteiger partial charge in [0.25, 0.3) is 5.91 Å². The first-order valence-electron chi connectivity index (χ1n) is 8.27. The summed E-state index contributed by atoms with van der Waals surface area (Å²) in [6.07, 6.45) is 1.07. The van der Waals surface area contributed by atoms with E-state index in [-0.39, 0.29) is 12.2 Å². The number of aromatic nitrogens is 3. The Hall–Kier alpha value is -2.91. The van der Waals surface area contributed by atoms with E-state index in [1.807, 2.05) is 6.07 Å². The van der Waals surface area contributed by atoms with E-state index in [0.717, 1.165) is 6.26 Å². The lowest BCUT2D eigenvalue weighted by molar-refractivity contribution is 0.0945. The third kappa shape index (κ3) is 4.68. The highest BCUT2D eigenvalue weighted by Gasteiger charge is 2.18. The monoisotopic (exact) mass is 419 g/mol. The van der Waals surface area contributed by atoms with Gasteiger partial charge in [0.2, 0.25) is 10.0 Å². The molecule has 0 aliphatic rings. The fraction of sp³-hybridized carbons (Fsp3) is 0.167. The topological polar surface area (TPSA) is 106 Å². The van der Waals surface area contributed by atoms with E-state index in [1.165, 1.54) is 4.68 Å². The van der Waals surface area contributed by atoms with E-state index < -0.39 is 15.9 Å². The van der Waals surface area contributed by atoms with Gasteiger partial charge >= 0.3 is 0 Å². The largest absolute Gasteiger partial charge is 0.346 e. The summed E-state index contributed by atoms with van der Waals surface area (Å²) < 4.78 is 26.9. The zero-order valence-corrected chi connectivity index (χ0v) is 16.8. The van der Waals surface area contributed by atoms with Crippen molar-refractivity contribution in [2.45, 2.75) is 13.5 Å². The number of benzene rings is 2. The number of hydrogen-bond acceptors (Lipinski definition) is 5. The Bertz CT molecular complexity index is 1130. The van der Waals surface area contributed by atoms with Gasteiger partial charge < -0.3 is 5.32 Å². The normalized spacial score (nSPS) is 11.2. The molecule has 146 valence electrons. The van der Waals surface area contributed by atoms with Crippen molar-refractivity contribution in [3.8, 4) is 5.69 Å². The first-order chi connectivity index (χ1) is 13.2. The van der Waals surface area contributed by atoms with Crippen molar-refractivity contribution >= 4 is 33.2 Å². The third-order valence-electron chi connectivity index (χ3n) is 3.91. The van der Waals surface area contributed by atoms with Crippen molar-refractivity contribution in [3.63, 3.8) is 0 Å². The SMILES string of the molecule is Cc1c(C(=O)NCc2ccccc2NS(C)(=O)=O)nnn1-c1cccc(Cl)c1. The molecule has 10 heteroatoms. The van der Waals surface area contributed by atoms with Crippen LogP contribution in [-0.2, 0) is 16.6 Å². The summed E-state index contributed by atoms with van der Waals surface area (Å²) in [5.74, 6) is -0.417. The molecule has 0 aliphatic carbocycles. The molecule has 1 aromatic heterocycles. The third-order valence-corrected chi connectivity index (χ3v) is 4.74. The number of nitrogens with one attached hydrogen (secondary N) is 2. The lowest BCUT2D eigenvalue weighted by Crippen LogP contribution is -2.25. The highest BCUT2D eigenvalue weighted by Crippen LogP contribution is 2.18. The molecule has 28 heavy (non-hydrogen) atoms. The highest BCUT2D eigenvalue weighted by molar-refractivity contribution is 7.92. The molecule has 0 atom stereocenters. The van der Waals surface area contributed by atoms with E-state index in [1.54, 1.807) is 49.4 Å². The lowest BCUT2D eigenvalue weighted by Gasteiger charge is -2.11. The van der Waals surface area contributed by atoms with Crippen LogP contribution in [0.3, 0.4) is 0 Å². The Labute approximate surface area is 167 Å². The van der Waals surface area contributed by atoms with Crippen molar-refractivity contribution < 1.29 is 13.2 Å². The van der Waals surface area contributed by atoms with Crippen LogP contribution in [0, 0.1) is 6.92 Å². The number of carbonyl (C=O) groups is 1. The minimum Gasteiger partial charge on any atom is -0.346 e. The molecule has 0 radical (unpaired) electrons. The molecule has 0 saturated carbocycles. The smallest absolute Gasteiger partial charge is 0.274 e. The Kier molecular flexibility index (Phi) is 5.66. The molecule has 0 unspecified atom stereocenters. The standard InChI is InChI=1S/C18H18ClN5O3S/c1-12-17(21-23-24(12)15-8-5-7-14(19)10-15)18(25)20-11-13-6-3-4-9-16(13)22-28(2,26)27/h3-10,22H,11H2,1-2H3,(H,20,25). The molecule has 8 nitrogen and oxygen atoms in total. The van der Waals surface area contributed by atoms with Crippen LogP contribution in [0.2, 0.25) is 5.02 Å². The molecule has 0 bridgehead atoms. The Morgan fingerprint density at radius 2 is 1.93 bits per heavy atom. The maximum absolute atomic E-state index is 12.6. The van der Waals surface area contributed by atoms with Gasteiger partial charge in [0.05, 0.1) is 23.3 Å². The number of rotatable bonds is 6. The molecular formula is C18H18ClN5O3S. The van der Waals surface area contributed by atoms with Gasteiger partial charge in [0.1, 0.15) is 0 Å². The van der Waals surface area contributed by atoms with Crippen LogP contribution in [0.15, 0.2) is 48.5 Å². The summed E-state index contributed by atoms with van der Waals surface area (Å²) in [6.45, 7) is 1.86. The van der Waals surface area contributed by atoms with E-state index in [9.17, 15) is 13.2 Å². The van der Waals surface area contributed by atoms with E-state index in [0.29, 0.717) is 27.7 Å². The van der Waals surface area contributed by atoms with E-state index >= 15 is 0 Å². The van der Waals surface area contributed by atoms with Crippen LogP contribution in [0.25, 0.3) is 5.69 Å². The lowest BCUT2D eigenvalue weighted by atomic mass is 10.2. The van der Waals surface area contributed by atoms with Gasteiger partial charge in [-0.15, -0.1) is 5.10 Å². The van der Waals surface area contributed by atoms with Crippen LogP contribution in [0.1, 0.15) is 21.7 Å². The molecule has 0 aliphatic heterocycles. The maximum Gasteiger partial charge on any atom is 0.274 e. The molecule has 0 spiro atoms. The second-order valence-corrected chi connectivity index (χ2v) is 8.31. The molecule has 0 fully saturated rings. The number of hydrogen-bond donors (Lipinski definition) is 2. The van der Waals surface area contributed by atoms with Crippen LogP contribution >= 0.6 is 11.6 Å². The number of sulfonamides is 1. The number of para-hydroxylation sites is 1. The summed E-state index contributed by atoms with van der Waals surface area (Å²) in [7, 11) is -3.43. The molecular weight excluding hydrogens is 402 g/mol. The Balaban J connectivity index is 1.77. The zero-order chi connectivity index (χ0) is 20.3. The van der Waals surface area contributed by atoms with Crippen LogP contribution < -0.4 is 10.0 Å². The van der Waals surface area contributed by atoms with Gasteiger partial charge in [-0.2, -0.15) is 0 Å². The summed E-state index contributed by atoms with van der Waals surface area (Å²) in [5, 5.41) is 11.3. The number of halogens is 1. The molecule has 2 N–H and O–H groups in total. The quantitative estimate of drug-likeness (QED) is 0.638. The van der Waals surface area contributed by atoms with Crippen molar-refractivity contribution in [3.05, 3.63) is 70.5 Å². The Morgan fingerprint density at radius 3 is 2.64 bits per heavy atom. The number of amides is 1. The van der Waals surface area contributed by atoms with Crippen molar-refractivity contribution in [1.29, 1.82) is 0 Å². The van der Waals surface area contributed by atoms with Crippen molar-refractivity contribution in [1.82, 2.24) is 20.3 Å². The summed E-state index contributed by atoms with van der Waals surface area (Å²) in [4.78, 5) is 12.6. The highest BCUT2D eigenvalue weighted by atomic mass is 35.5. The van der Waals surface area contributed by atoms with Crippen LogP contribution in [0.5, 0.6) is 0 Å². The van der Waals surface area contributed by atoms with Gasteiger partial charge in [-0.25, -0.2) is 13.1 Å². The van der Waals surface area contributed by atoms with E-state index in [2.05, 4.69) is 20.4 Å². The molecule has 3 aromatic rings. The number of nitrogens with zero attached hydrogens (tertiary/aromatic N) is 3. The van der Waals surface area contributed by atoms with E-state index in [4.69, 9.17) is 11.6 Å². The number of carbonyl (C=O) groups excluding carboxylic acids is 1. The minimum absolute atomic E-state index is 0.126. The summed E-state index contributed by atoms with van der Waals surface area (Å²) in [5.41, 5.74) is 2.46. The average molecular weight is 420 g/mol. The molecule has 1 amide bonds. The second kappa shape index (κ2) is 7.99. The first-order valence-corrected chi connectivity index (χ1v) is 10.5. The van der Waals surface area contributed by atoms with Gasteiger partial charge in [0, 0.05) is 11.6 Å². The molecule has 1 heterocycles. The van der Waals surface area contributed by atoms with Crippen molar-refractivity contribution in [2.24, 2.45) is 0 Å². The molecule has 3 rings (SSSR count). The van der Waals surface area contributed by atoms with Crippen molar-refractivity contribution in [2.75, 3.05) is 11.0 Å². The van der Waals surface area contributed by atoms with Crippen LogP contribution in [-0.4, -0.2) is 35.6 Å². The zero-order valence-electron chi connectivity index (χ0n) is 15.2. The van der Waals surface area contributed by atoms with Gasteiger partial charge in [-0.05, 0) is 36.8 Å². The maximum atomic E-state index is 12.6. The summed E-state index contributed by atoms with van der Waals surface area (Å²) >= 11 is 6.01. The van der Waals surface area contributed by atoms with Crippen LogP contribution in [0.4, 0.5) is 5.69 Å². The predicted molar refractivity (Wildman–Crippen MR) is 107 cm³/mol. The van der Waals surface area contributed by atoms with Gasteiger partial charge in [0.15, 0.2) is 5.69 Å². The average Bonchev–Trinajstić information content (AvgIpc) is 3.01. The minimum atomic E-state index is -3.43. The molecule has 0 saturated heterocycles. The fourth-order valence-corrected chi connectivity index (χ4v) is 3.41. The summed E-state index contributed by atoms with van der Waals surface area (Å²) in [6, 6.07) is 13.9.